The summed E-state index contributed by atoms with van der Waals surface area (Å²) in [6.07, 6.45) is 2.31. The summed E-state index contributed by atoms with van der Waals surface area (Å²) in [4.78, 5) is 23.5. The van der Waals surface area contributed by atoms with E-state index < -0.39 is 0 Å². The van der Waals surface area contributed by atoms with Gasteiger partial charge in [-0.1, -0.05) is 18.2 Å². The van der Waals surface area contributed by atoms with Crippen molar-refractivity contribution in [2.75, 3.05) is 7.11 Å². The van der Waals surface area contributed by atoms with Crippen LogP contribution in [0, 0.1) is 11.8 Å². The van der Waals surface area contributed by atoms with Crippen LogP contribution in [-0.2, 0) is 24.5 Å². The molecule has 5 rings (SSSR count). The fourth-order valence-electron chi connectivity index (χ4n) is 5.98. The van der Waals surface area contributed by atoms with Crippen LogP contribution in [0.2, 0.25) is 0 Å². The van der Waals surface area contributed by atoms with E-state index in [2.05, 4.69) is 18.2 Å². The number of benzene rings is 2. The zero-order valence-electron chi connectivity index (χ0n) is 16.4. The zero-order valence-corrected chi connectivity index (χ0v) is 16.4. The molecule has 28 heavy (non-hydrogen) atoms. The molecule has 2 saturated carbocycles. The quantitative estimate of drug-likeness (QED) is 0.752. The third-order valence-corrected chi connectivity index (χ3v) is 6.97. The number of carbonyl (C=O) groups is 2. The van der Waals surface area contributed by atoms with Crippen LogP contribution in [0.1, 0.15) is 50.3 Å². The highest BCUT2D eigenvalue weighted by Crippen LogP contribution is 2.72. The van der Waals surface area contributed by atoms with E-state index in [0.29, 0.717) is 12.3 Å². The van der Waals surface area contributed by atoms with Crippen LogP contribution in [0.15, 0.2) is 30.3 Å². The fourth-order valence-corrected chi connectivity index (χ4v) is 5.98. The van der Waals surface area contributed by atoms with Gasteiger partial charge in [0.2, 0.25) is 0 Å². The summed E-state index contributed by atoms with van der Waals surface area (Å²) < 4.78 is 16.8. The smallest absolute Gasteiger partial charge is 0.303 e. The van der Waals surface area contributed by atoms with E-state index in [9.17, 15) is 9.59 Å². The number of methoxy groups -OCH3 is 1. The topological polar surface area (TPSA) is 61.8 Å². The second kappa shape index (κ2) is 5.97. The summed E-state index contributed by atoms with van der Waals surface area (Å²) in [6.45, 7) is 2.92. The molecule has 0 radical (unpaired) electrons. The molecule has 5 nitrogen and oxygen atoms in total. The summed E-state index contributed by atoms with van der Waals surface area (Å²) in [5.41, 5.74) is 2.45. The average Bonchev–Trinajstić information content (AvgIpc) is 3.27. The molecule has 0 aromatic heterocycles. The summed E-state index contributed by atoms with van der Waals surface area (Å²) in [7, 11) is 1.66. The molecule has 2 fully saturated rings. The summed E-state index contributed by atoms with van der Waals surface area (Å²) in [5, 5.41) is 2.19. The third-order valence-electron chi connectivity index (χ3n) is 6.97. The maximum Gasteiger partial charge on any atom is 0.303 e. The lowest BCUT2D eigenvalue weighted by molar-refractivity contribution is -0.154. The second-order valence-corrected chi connectivity index (χ2v) is 8.38. The van der Waals surface area contributed by atoms with Crippen LogP contribution < -0.4 is 4.74 Å². The number of hydrogen-bond acceptors (Lipinski definition) is 5. The first-order valence-corrected chi connectivity index (χ1v) is 9.89. The number of carbonyl (C=O) groups excluding carboxylic acids is 2. The standard InChI is InChI=1S/C23H24O5/c1-12(24)27-20-9-15-11-23(15)18-7-4-14-8-16(26-3)5-6-17(14)22(18)21(10-19(20)23)28-13(2)25/h4-8,15,19-21H,9-11H2,1-3H3/t15-,19?,20+,21-,23+/m1/s1. The van der Waals surface area contributed by atoms with E-state index in [1.807, 2.05) is 12.1 Å². The maximum absolute atomic E-state index is 11.9. The van der Waals surface area contributed by atoms with Gasteiger partial charge in [-0.15, -0.1) is 0 Å². The van der Waals surface area contributed by atoms with Crippen LogP contribution in [-0.4, -0.2) is 25.2 Å². The van der Waals surface area contributed by atoms with Gasteiger partial charge < -0.3 is 14.2 Å². The van der Waals surface area contributed by atoms with Crippen LogP contribution >= 0.6 is 0 Å². The fraction of sp³-hybridized carbons (Fsp3) is 0.478. The summed E-state index contributed by atoms with van der Waals surface area (Å²) >= 11 is 0. The molecule has 2 aromatic rings. The van der Waals surface area contributed by atoms with E-state index in [-0.39, 0.29) is 35.5 Å². The van der Waals surface area contributed by atoms with Crippen molar-refractivity contribution in [3.8, 4) is 5.75 Å². The molecule has 1 unspecified atom stereocenters. The van der Waals surface area contributed by atoms with Crippen molar-refractivity contribution in [1.29, 1.82) is 0 Å². The Morgan fingerprint density at radius 2 is 1.82 bits per heavy atom. The predicted molar refractivity (Wildman–Crippen MR) is 103 cm³/mol. The van der Waals surface area contributed by atoms with Gasteiger partial charge in [0.15, 0.2) is 0 Å². The molecule has 1 spiro atoms. The Kier molecular flexibility index (Phi) is 3.74. The molecular weight excluding hydrogens is 356 g/mol. The van der Waals surface area contributed by atoms with Crippen molar-refractivity contribution in [2.24, 2.45) is 11.8 Å². The minimum atomic E-state index is -0.322. The van der Waals surface area contributed by atoms with Crippen LogP contribution in [0.4, 0.5) is 0 Å². The van der Waals surface area contributed by atoms with Gasteiger partial charge in [0.1, 0.15) is 18.0 Å². The molecule has 2 aromatic carbocycles. The minimum absolute atomic E-state index is 0.0558. The number of hydrogen-bond donors (Lipinski definition) is 0. The first-order valence-electron chi connectivity index (χ1n) is 9.89. The molecule has 146 valence electrons. The van der Waals surface area contributed by atoms with Crippen LogP contribution in [0.3, 0.4) is 0 Å². The molecule has 3 aliphatic carbocycles. The summed E-state index contributed by atoms with van der Waals surface area (Å²) in [6, 6.07) is 10.4. The van der Waals surface area contributed by atoms with Crippen molar-refractivity contribution in [3.05, 3.63) is 41.5 Å². The van der Waals surface area contributed by atoms with E-state index in [1.54, 1.807) is 7.11 Å². The number of fused-ring (bicyclic) bond motifs is 3. The molecule has 0 amide bonds. The molecular formula is C23H24O5. The minimum Gasteiger partial charge on any atom is -0.497 e. The van der Waals surface area contributed by atoms with Crippen molar-refractivity contribution < 1.29 is 23.8 Å². The van der Waals surface area contributed by atoms with Gasteiger partial charge in [-0.3, -0.25) is 9.59 Å². The summed E-state index contributed by atoms with van der Waals surface area (Å²) in [5.74, 6) is 1.03. The molecule has 0 heterocycles. The lowest BCUT2D eigenvalue weighted by Crippen LogP contribution is -2.37. The van der Waals surface area contributed by atoms with Gasteiger partial charge in [0.05, 0.1) is 7.11 Å². The maximum atomic E-state index is 11.9. The molecule has 0 N–H and O–H groups in total. The monoisotopic (exact) mass is 380 g/mol. The van der Waals surface area contributed by atoms with Gasteiger partial charge >= 0.3 is 11.9 Å². The van der Waals surface area contributed by atoms with E-state index in [0.717, 1.165) is 34.9 Å². The van der Waals surface area contributed by atoms with Gasteiger partial charge in [0.25, 0.3) is 0 Å². The van der Waals surface area contributed by atoms with Gasteiger partial charge in [-0.25, -0.2) is 0 Å². The third kappa shape index (κ3) is 2.38. The molecule has 5 atom stereocenters. The van der Waals surface area contributed by atoms with Gasteiger partial charge in [-0.2, -0.15) is 0 Å². The lowest BCUT2D eigenvalue weighted by atomic mass is 9.70. The highest BCUT2D eigenvalue weighted by molar-refractivity contribution is 5.89. The highest BCUT2D eigenvalue weighted by Gasteiger charge is 2.70. The second-order valence-electron chi connectivity index (χ2n) is 8.38. The first-order chi connectivity index (χ1) is 13.4. The van der Waals surface area contributed by atoms with Gasteiger partial charge in [-0.05, 0) is 53.6 Å². The van der Waals surface area contributed by atoms with Crippen molar-refractivity contribution >= 4 is 22.7 Å². The lowest BCUT2D eigenvalue weighted by Gasteiger charge is -2.39. The van der Waals surface area contributed by atoms with Crippen molar-refractivity contribution in [1.82, 2.24) is 0 Å². The number of rotatable bonds is 3. The van der Waals surface area contributed by atoms with Crippen molar-refractivity contribution in [3.63, 3.8) is 0 Å². The van der Waals surface area contributed by atoms with E-state index in [4.69, 9.17) is 14.2 Å². The predicted octanol–water partition coefficient (Wildman–Crippen LogP) is 4.07. The zero-order chi connectivity index (χ0) is 19.6. The Hall–Kier alpha value is -2.56. The molecule has 0 aliphatic heterocycles. The average molecular weight is 380 g/mol. The number of ether oxygens (including phenoxy) is 3. The first kappa shape index (κ1) is 17.5. The number of esters is 2. The Morgan fingerprint density at radius 1 is 1.04 bits per heavy atom. The molecule has 0 bridgehead atoms. The normalized spacial score (nSPS) is 32.1. The Morgan fingerprint density at radius 3 is 2.54 bits per heavy atom. The van der Waals surface area contributed by atoms with Crippen LogP contribution in [0.5, 0.6) is 5.75 Å². The molecule has 0 saturated heterocycles. The van der Waals surface area contributed by atoms with E-state index >= 15 is 0 Å². The van der Waals surface area contributed by atoms with Crippen molar-refractivity contribution in [2.45, 2.75) is 50.7 Å². The molecule has 3 aliphatic rings. The molecule has 5 heteroatoms. The Balaban J connectivity index is 1.67. The van der Waals surface area contributed by atoms with Gasteiger partial charge in [0, 0.05) is 30.7 Å². The largest absolute Gasteiger partial charge is 0.497 e. The Labute approximate surface area is 164 Å². The Bertz CT molecular complexity index is 996. The SMILES string of the molecule is COc1ccc2c3c(ccc2c1)[C@]12C[C@H]1C[C@H](OC(C)=O)C2C[C@H]3OC(C)=O. The highest BCUT2D eigenvalue weighted by atomic mass is 16.5. The van der Waals surface area contributed by atoms with Crippen LogP contribution in [0.25, 0.3) is 10.8 Å². The van der Waals surface area contributed by atoms with E-state index in [1.165, 1.54) is 19.4 Å².